The lowest BCUT2D eigenvalue weighted by molar-refractivity contribution is -0.122. The molecule has 0 aliphatic heterocycles. The summed E-state index contributed by atoms with van der Waals surface area (Å²) in [6, 6.07) is 16.9. The van der Waals surface area contributed by atoms with E-state index in [0.29, 0.717) is 6.42 Å². The Morgan fingerprint density at radius 3 is 2.19 bits per heavy atom. The van der Waals surface area contributed by atoms with Crippen LogP contribution in [0, 0.1) is 0 Å². The Morgan fingerprint density at radius 1 is 1.08 bits per heavy atom. The fourth-order valence-electron chi connectivity index (χ4n) is 2.61. The van der Waals surface area contributed by atoms with Gasteiger partial charge in [0.2, 0.25) is 5.91 Å². The van der Waals surface area contributed by atoms with Crippen molar-refractivity contribution in [2.24, 2.45) is 5.73 Å². The molecule has 142 valence electrons. The SMILES string of the molecule is CC(C)(C)c1ccc(C(O)CNC(=O)[C@@H](N)Cc2ccccc2)cc1.Cl. The van der Waals surface area contributed by atoms with Gasteiger partial charge in [0.25, 0.3) is 0 Å². The van der Waals surface area contributed by atoms with Crippen LogP contribution in [0.1, 0.15) is 43.6 Å². The molecule has 0 fully saturated rings. The predicted molar refractivity (Wildman–Crippen MR) is 108 cm³/mol. The van der Waals surface area contributed by atoms with Gasteiger partial charge >= 0.3 is 0 Å². The number of carbonyl (C=O) groups excluding carboxylic acids is 1. The molecule has 1 unspecified atom stereocenters. The average molecular weight is 377 g/mol. The van der Waals surface area contributed by atoms with Gasteiger partial charge in [0.1, 0.15) is 0 Å². The highest BCUT2D eigenvalue weighted by Crippen LogP contribution is 2.23. The number of aliphatic hydroxyl groups excluding tert-OH is 1. The highest BCUT2D eigenvalue weighted by molar-refractivity contribution is 5.85. The molecule has 0 aliphatic rings. The van der Waals surface area contributed by atoms with E-state index in [1.807, 2.05) is 54.6 Å². The lowest BCUT2D eigenvalue weighted by Crippen LogP contribution is -2.43. The number of nitrogens with one attached hydrogen (secondary N) is 1. The summed E-state index contributed by atoms with van der Waals surface area (Å²) in [5.74, 6) is -0.255. The first-order valence-corrected chi connectivity index (χ1v) is 8.63. The Hall–Kier alpha value is -1.88. The Morgan fingerprint density at radius 2 is 1.65 bits per heavy atom. The molecule has 0 saturated heterocycles. The lowest BCUT2D eigenvalue weighted by Gasteiger charge is -2.20. The number of hydrogen-bond acceptors (Lipinski definition) is 3. The average Bonchev–Trinajstić information content (AvgIpc) is 2.59. The second-order valence-corrected chi connectivity index (χ2v) is 7.43. The fraction of sp³-hybridized carbons (Fsp3) is 0.381. The van der Waals surface area contributed by atoms with Gasteiger partial charge in [-0.3, -0.25) is 4.79 Å². The number of aliphatic hydroxyl groups is 1. The number of carbonyl (C=O) groups is 1. The van der Waals surface area contributed by atoms with E-state index >= 15 is 0 Å². The zero-order valence-corrected chi connectivity index (χ0v) is 16.4. The summed E-state index contributed by atoms with van der Waals surface area (Å²) >= 11 is 0. The molecular weight excluding hydrogens is 348 g/mol. The van der Waals surface area contributed by atoms with Crippen LogP contribution in [0.25, 0.3) is 0 Å². The topological polar surface area (TPSA) is 75.3 Å². The molecule has 0 aromatic heterocycles. The number of hydrogen-bond donors (Lipinski definition) is 3. The first kappa shape index (κ1) is 22.2. The number of benzene rings is 2. The van der Waals surface area contributed by atoms with E-state index in [1.165, 1.54) is 5.56 Å². The fourth-order valence-corrected chi connectivity index (χ4v) is 2.61. The molecule has 2 atom stereocenters. The second-order valence-electron chi connectivity index (χ2n) is 7.43. The van der Waals surface area contributed by atoms with Crippen LogP contribution in [0.15, 0.2) is 54.6 Å². The highest BCUT2D eigenvalue weighted by Gasteiger charge is 2.17. The minimum Gasteiger partial charge on any atom is -0.387 e. The Bertz CT molecular complexity index is 681. The lowest BCUT2D eigenvalue weighted by atomic mass is 9.86. The third-order valence-electron chi connectivity index (χ3n) is 4.27. The number of halogens is 1. The van der Waals surface area contributed by atoms with Crippen LogP contribution >= 0.6 is 12.4 Å². The minimum atomic E-state index is -0.748. The zero-order valence-electron chi connectivity index (χ0n) is 15.6. The monoisotopic (exact) mass is 376 g/mol. The maximum atomic E-state index is 12.1. The van der Waals surface area contributed by atoms with Crippen molar-refractivity contribution in [3.63, 3.8) is 0 Å². The summed E-state index contributed by atoms with van der Waals surface area (Å²) in [6.07, 6.45) is -0.273. The standard InChI is InChI=1S/C21H28N2O2.ClH/c1-21(2,3)17-11-9-16(10-12-17)19(24)14-23-20(25)18(22)13-15-7-5-4-6-8-15;/h4-12,18-19,24H,13-14,22H2,1-3H3,(H,23,25);1H/t18-,19?;/m0./s1. The van der Waals surface area contributed by atoms with E-state index in [4.69, 9.17) is 5.73 Å². The van der Waals surface area contributed by atoms with E-state index in [-0.39, 0.29) is 30.3 Å². The van der Waals surface area contributed by atoms with Gasteiger partial charge in [-0.05, 0) is 28.5 Å². The van der Waals surface area contributed by atoms with Crippen LogP contribution in [-0.4, -0.2) is 23.6 Å². The normalized spacial score (nSPS) is 13.4. The van der Waals surface area contributed by atoms with Gasteiger partial charge in [-0.1, -0.05) is 75.4 Å². The molecule has 0 saturated carbocycles. The molecule has 0 radical (unpaired) electrons. The van der Waals surface area contributed by atoms with Crippen molar-refractivity contribution >= 4 is 18.3 Å². The number of amides is 1. The van der Waals surface area contributed by atoms with Crippen LogP contribution in [-0.2, 0) is 16.6 Å². The number of nitrogens with two attached hydrogens (primary N) is 1. The van der Waals surface area contributed by atoms with Gasteiger partial charge < -0.3 is 16.2 Å². The molecule has 0 heterocycles. The number of rotatable bonds is 6. The third-order valence-corrected chi connectivity index (χ3v) is 4.27. The summed E-state index contributed by atoms with van der Waals surface area (Å²) in [7, 11) is 0. The smallest absolute Gasteiger partial charge is 0.237 e. The molecular formula is C21H29ClN2O2. The molecule has 4 nitrogen and oxygen atoms in total. The van der Waals surface area contributed by atoms with Gasteiger partial charge in [0.05, 0.1) is 12.1 Å². The maximum Gasteiger partial charge on any atom is 0.237 e. The van der Waals surface area contributed by atoms with Crippen molar-refractivity contribution in [3.05, 3.63) is 71.3 Å². The first-order chi connectivity index (χ1) is 11.8. The van der Waals surface area contributed by atoms with Crippen molar-refractivity contribution in [1.29, 1.82) is 0 Å². The molecule has 0 bridgehead atoms. The molecule has 26 heavy (non-hydrogen) atoms. The zero-order chi connectivity index (χ0) is 18.4. The van der Waals surface area contributed by atoms with E-state index in [1.54, 1.807) is 0 Å². The van der Waals surface area contributed by atoms with Crippen molar-refractivity contribution in [2.75, 3.05) is 6.54 Å². The van der Waals surface area contributed by atoms with E-state index in [9.17, 15) is 9.90 Å². The predicted octanol–water partition coefficient (Wildman–Crippen LogP) is 3.13. The molecule has 2 rings (SSSR count). The van der Waals surface area contributed by atoms with Crippen LogP contribution in [0.5, 0.6) is 0 Å². The van der Waals surface area contributed by atoms with Gasteiger partial charge in [-0.15, -0.1) is 12.4 Å². The third kappa shape index (κ3) is 6.45. The molecule has 0 aliphatic carbocycles. The molecule has 2 aromatic rings. The minimum absolute atomic E-state index is 0. The maximum absolute atomic E-state index is 12.1. The molecule has 4 N–H and O–H groups in total. The van der Waals surface area contributed by atoms with Crippen LogP contribution < -0.4 is 11.1 Å². The molecule has 5 heteroatoms. The Kier molecular flexibility index (Phi) is 8.28. The van der Waals surface area contributed by atoms with Gasteiger partial charge in [-0.25, -0.2) is 0 Å². The van der Waals surface area contributed by atoms with Gasteiger partial charge in [0, 0.05) is 6.54 Å². The highest BCUT2D eigenvalue weighted by atomic mass is 35.5. The van der Waals surface area contributed by atoms with Gasteiger partial charge in [0.15, 0.2) is 0 Å². The molecule has 1 amide bonds. The summed E-state index contributed by atoms with van der Waals surface area (Å²) in [4.78, 5) is 12.1. The second kappa shape index (κ2) is 9.72. The van der Waals surface area contributed by atoms with Crippen LogP contribution in [0.4, 0.5) is 0 Å². The van der Waals surface area contributed by atoms with E-state index in [2.05, 4.69) is 26.1 Å². The van der Waals surface area contributed by atoms with Crippen molar-refractivity contribution in [1.82, 2.24) is 5.32 Å². The largest absolute Gasteiger partial charge is 0.387 e. The van der Waals surface area contributed by atoms with Crippen LogP contribution in [0.2, 0.25) is 0 Å². The van der Waals surface area contributed by atoms with E-state index in [0.717, 1.165) is 11.1 Å². The first-order valence-electron chi connectivity index (χ1n) is 8.63. The summed E-state index contributed by atoms with van der Waals surface area (Å²) in [5.41, 5.74) is 9.02. The Labute approximate surface area is 162 Å². The van der Waals surface area contributed by atoms with E-state index < -0.39 is 12.1 Å². The molecule has 0 spiro atoms. The Balaban J connectivity index is 0.00000338. The summed E-state index contributed by atoms with van der Waals surface area (Å²) in [6.45, 7) is 6.59. The van der Waals surface area contributed by atoms with Gasteiger partial charge in [-0.2, -0.15) is 0 Å². The molecule has 2 aromatic carbocycles. The van der Waals surface area contributed by atoms with Crippen molar-refractivity contribution in [2.45, 2.75) is 44.8 Å². The van der Waals surface area contributed by atoms with Crippen LogP contribution in [0.3, 0.4) is 0 Å². The summed E-state index contributed by atoms with van der Waals surface area (Å²) in [5, 5.41) is 13.0. The van der Waals surface area contributed by atoms with Crippen molar-refractivity contribution in [3.8, 4) is 0 Å². The van der Waals surface area contributed by atoms with Crippen molar-refractivity contribution < 1.29 is 9.90 Å². The quantitative estimate of drug-likeness (QED) is 0.725. The summed E-state index contributed by atoms with van der Waals surface area (Å²) < 4.78 is 0.